The van der Waals surface area contributed by atoms with Gasteiger partial charge in [0.15, 0.2) is 11.6 Å². The van der Waals surface area contributed by atoms with Crippen LogP contribution in [0.1, 0.15) is 0 Å². The minimum Gasteiger partial charge on any atom is -0.354 e. The van der Waals surface area contributed by atoms with Crippen LogP contribution in [0.25, 0.3) is 0 Å². The van der Waals surface area contributed by atoms with Crippen molar-refractivity contribution >= 4 is 40.6 Å². The zero-order valence-electron chi connectivity index (χ0n) is 11.3. The predicted molar refractivity (Wildman–Crippen MR) is 79.7 cm³/mol. The van der Waals surface area contributed by atoms with Crippen LogP contribution < -0.4 is 5.32 Å². The summed E-state index contributed by atoms with van der Waals surface area (Å²) >= 11 is 2.00. The summed E-state index contributed by atoms with van der Waals surface area (Å²) in [5.74, 6) is -2.32. The fraction of sp³-hybridized carbons (Fsp3) is 0.308. The van der Waals surface area contributed by atoms with Crippen molar-refractivity contribution < 1.29 is 23.2 Å². The van der Waals surface area contributed by atoms with E-state index < -0.39 is 11.6 Å². The summed E-state index contributed by atoms with van der Waals surface area (Å²) in [7, 11) is 0. The first kappa shape index (κ1) is 16.8. The normalized spacial score (nSPS) is 14.5. The second kappa shape index (κ2) is 7.59. The van der Waals surface area contributed by atoms with E-state index in [-0.39, 0.29) is 41.6 Å². The molecule has 2 rings (SSSR count). The molecule has 1 aliphatic rings. The van der Waals surface area contributed by atoms with E-state index in [4.69, 9.17) is 0 Å². The number of amides is 3. The molecule has 0 bridgehead atoms. The summed E-state index contributed by atoms with van der Waals surface area (Å²) < 4.78 is 25.7. The molecule has 0 radical (unpaired) electrons. The average molecular weight is 346 g/mol. The molecule has 1 aliphatic heterocycles. The molecule has 22 heavy (non-hydrogen) atoms. The van der Waals surface area contributed by atoms with Crippen molar-refractivity contribution in [3.8, 4) is 0 Å². The smallest absolute Gasteiger partial charge is 0.288 e. The molecule has 118 valence electrons. The molecular formula is C13H12F2N2O3S2. The predicted octanol–water partition coefficient (Wildman–Crippen LogP) is 1.87. The fourth-order valence-corrected chi connectivity index (χ4v) is 3.17. The van der Waals surface area contributed by atoms with Crippen molar-refractivity contribution in [2.45, 2.75) is 4.90 Å². The minimum atomic E-state index is -0.964. The molecule has 1 N–H and O–H groups in total. The van der Waals surface area contributed by atoms with Crippen LogP contribution in [0.4, 0.5) is 13.6 Å². The summed E-state index contributed by atoms with van der Waals surface area (Å²) in [5.41, 5.74) is 0. The number of carbonyl (C=O) groups excluding carboxylic acids is 3. The van der Waals surface area contributed by atoms with Gasteiger partial charge >= 0.3 is 0 Å². The molecule has 0 unspecified atom stereocenters. The van der Waals surface area contributed by atoms with Crippen molar-refractivity contribution in [2.75, 3.05) is 24.6 Å². The van der Waals surface area contributed by atoms with E-state index in [0.29, 0.717) is 4.90 Å². The van der Waals surface area contributed by atoms with Gasteiger partial charge in [0, 0.05) is 18.0 Å². The summed E-state index contributed by atoms with van der Waals surface area (Å²) in [5, 5.41) is 2.25. The molecule has 1 heterocycles. The van der Waals surface area contributed by atoms with Crippen LogP contribution in [-0.2, 0) is 9.59 Å². The van der Waals surface area contributed by atoms with Gasteiger partial charge in [0.25, 0.3) is 5.24 Å². The van der Waals surface area contributed by atoms with Gasteiger partial charge in [0.05, 0.1) is 11.5 Å². The average Bonchev–Trinajstić information content (AvgIpc) is 2.80. The van der Waals surface area contributed by atoms with Crippen LogP contribution in [0, 0.1) is 11.6 Å². The largest absolute Gasteiger partial charge is 0.354 e. The van der Waals surface area contributed by atoms with E-state index in [1.54, 1.807) is 0 Å². The van der Waals surface area contributed by atoms with Crippen LogP contribution in [0.15, 0.2) is 23.1 Å². The van der Waals surface area contributed by atoms with Crippen LogP contribution in [-0.4, -0.2) is 46.5 Å². The van der Waals surface area contributed by atoms with Gasteiger partial charge in [-0.05, 0) is 18.2 Å². The SMILES string of the molecule is O=C(CSc1ccc(F)c(F)c1)NCCN1C(=O)CSC1=O. The Morgan fingerprint density at radius 2 is 2.09 bits per heavy atom. The Bertz CT molecular complexity index is 597. The molecule has 0 saturated carbocycles. The molecule has 1 fully saturated rings. The third-order valence-corrected chi connectivity index (χ3v) is 4.61. The minimum absolute atomic E-state index is 0.0295. The molecule has 1 aromatic carbocycles. The summed E-state index contributed by atoms with van der Waals surface area (Å²) in [6.45, 7) is 0.293. The van der Waals surface area contributed by atoms with E-state index in [1.165, 1.54) is 6.07 Å². The summed E-state index contributed by atoms with van der Waals surface area (Å²) in [6, 6.07) is 3.40. The molecule has 1 aromatic rings. The molecule has 9 heteroatoms. The molecule has 1 saturated heterocycles. The van der Waals surface area contributed by atoms with Gasteiger partial charge in [0.2, 0.25) is 11.8 Å². The number of imide groups is 1. The number of hydrogen-bond donors (Lipinski definition) is 1. The lowest BCUT2D eigenvalue weighted by Crippen LogP contribution is -2.38. The quantitative estimate of drug-likeness (QED) is 0.797. The first-order chi connectivity index (χ1) is 10.5. The number of nitrogens with zero attached hydrogens (tertiary/aromatic N) is 1. The Hall–Kier alpha value is -1.61. The highest BCUT2D eigenvalue weighted by Gasteiger charge is 2.29. The maximum atomic E-state index is 13.0. The van der Waals surface area contributed by atoms with Crippen molar-refractivity contribution in [3.63, 3.8) is 0 Å². The Labute approximate surface area is 133 Å². The lowest BCUT2D eigenvalue weighted by atomic mass is 10.3. The maximum Gasteiger partial charge on any atom is 0.288 e. The van der Waals surface area contributed by atoms with E-state index >= 15 is 0 Å². The van der Waals surface area contributed by atoms with E-state index in [0.717, 1.165) is 40.6 Å². The van der Waals surface area contributed by atoms with Crippen molar-refractivity contribution in [1.29, 1.82) is 0 Å². The number of carbonyl (C=O) groups is 3. The molecule has 0 aliphatic carbocycles. The molecule has 0 spiro atoms. The molecule has 0 atom stereocenters. The van der Waals surface area contributed by atoms with E-state index in [2.05, 4.69) is 5.32 Å². The van der Waals surface area contributed by atoms with E-state index in [9.17, 15) is 23.2 Å². The van der Waals surface area contributed by atoms with Gasteiger partial charge in [0.1, 0.15) is 0 Å². The van der Waals surface area contributed by atoms with Gasteiger partial charge in [-0.25, -0.2) is 8.78 Å². The van der Waals surface area contributed by atoms with Crippen molar-refractivity contribution in [1.82, 2.24) is 10.2 Å². The zero-order chi connectivity index (χ0) is 16.1. The Balaban J connectivity index is 1.70. The Kier molecular flexibility index (Phi) is 5.78. The number of nitrogens with one attached hydrogen (secondary N) is 1. The first-order valence-electron chi connectivity index (χ1n) is 6.29. The zero-order valence-corrected chi connectivity index (χ0v) is 12.9. The lowest BCUT2D eigenvalue weighted by molar-refractivity contribution is -0.125. The van der Waals surface area contributed by atoms with Crippen molar-refractivity contribution in [2.24, 2.45) is 0 Å². The van der Waals surface area contributed by atoms with Crippen LogP contribution >= 0.6 is 23.5 Å². The number of halogens is 2. The highest BCUT2D eigenvalue weighted by Crippen LogP contribution is 2.20. The molecule has 0 aromatic heterocycles. The molecule has 5 nitrogen and oxygen atoms in total. The second-order valence-corrected chi connectivity index (χ2v) is 6.29. The highest BCUT2D eigenvalue weighted by molar-refractivity contribution is 8.14. The number of benzene rings is 1. The van der Waals surface area contributed by atoms with Crippen molar-refractivity contribution in [3.05, 3.63) is 29.8 Å². The summed E-state index contributed by atoms with van der Waals surface area (Å²) in [4.78, 5) is 35.8. The Morgan fingerprint density at radius 1 is 1.32 bits per heavy atom. The number of hydrogen-bond acceptors (Lipinski definition) is 5. The van der Waals surface area contributed by atoms with Gasteiger partial charge in [-0.2, -0.15) is 0 Å². The molecule has 3 amide bonds. The topological polar surface area (TPSA) is 66.5 Å². The van der Waals surface area contributed by atoms with Gasteiger partial charge in [-0.1, -0.05) is 11.8 Å². The van der Waals surface area contributed by atoms with Crippen LogP contribution in [0.2, 0.25) is 0 Å². The fourth-order valence-electron chi connectivity index (χ4n) is 1.67. The van der Waals surface area contributed by atoms with Crippen LogP contribution in [0.5, 0.6) is 0 Å². The maximum absolute atomic E-state index is 13.0. The Morgan fingerprint density at radius 3 is 2.73 bits per heavy atom. The number of rotatable bonds is 6. The third kappa shape index (κ3) is 4.44. The third-order valence-electron chi connectivity index (χ3n) is 2.76. The lowest BCUT2D eigenvalue weighted by Gasteiger charge is -2.13. The first-order valence-corrected chi connectivity index (χ1v) is 8.26. The highest BCUT2D eigenvalue weighted by atomic mass is 32.2. The van der Waals surface area contributed by atoms with E-state index in [1.807, 2.05) is 0 Å². The van der Waals surface area contributed by atoms with Gasteiger partial charge in [-0.15, -0.1) is 11.8 Å². The molecular weight excluding hydrogens is 334 g/mol. The second-order valence-electron chi connectivity index (χ2n) is 4.31. The number of thioether (sulfide) groups is 2. The van der Waals surface area contributed by atoms with Gasteiger partial charge in [-0.3, -0.25) is 19.3 Å². The van der Waals surface area contributed by atoms with Crippen LogP contribution in [0.3, 0.4) is 0 Å². The monoisotopic (exact) mass is 346 g/mol. The summed E-state index contributed by atoms with van der Waals surface area (Å²) in [6.07, 6.45) is 0. The van der Waals surface area contributed by atoms with Gasteiger partial charge < -0.3 is 5.32 Å². The standard InChI is InChI=1S/C13H12F2N2O3S2/c14-9-2-1-8(5-10(9)15)21-6-11(18)16-3-4-17-12(19)7-22-13(17)20/h1-2,5H,3-4,6-7H2,(H,16,18).